The lowest BCUT2D eigenvalue weighted by molar-refractivity contribution is 0.0883. The van der Waals surface area contributed by atoms with Crippen LogP contribution in [0, 0.1) is 5.92 Å². The molecule has 0 radical (unpaired) electrons. The summed E-state index contributed by atoms with van der Waals surface area (Å²) in [7, 11) is 0. The van der Waals surface area contributed by atoms with Gasteiger partial charge in [-0.05, 0) is 36.3 Å². The summed E-state index contributed by atoms with van der Waals surface area (Å²) in [6, 6.07) is 7.82. The number of amides is 1. The SMILES string of the molecule is CCSCc1ccc(C(=O)NC(C)(CN)C(C)C)cc1. The Balaban J connectivity index is 2.72. The van der Waals surface area contributed by atoms with Crippen LogP contribution in [-0.2, 0) is 5.75 Å². The van der Waals surface area contributed by atoms with E-state index >= 15 is 0 Å². The second-order valence-electron chi connectivity index (χ2n) is 5.56. The summed E-state index contributed by atoms with van der Waals surface area (Å²) in [5, 5.41) is 3.05. The topological polar surface area (TPSA) is 55.1 Å². The van der Waals surface area contributed by atoms with E-state index in [2.05, 4.69) is 26.1 Å². The molecule has 0 aliphatic carbocycles. The van der Waals surface area contributed by atoms with Crippen molar-refractivity contribution in [2.24, 2.45) is 11.7 Å². The van der Waals surface area contributed by atoms with Gasteiger partial charge in [-0.2, -0.15) is 11.8 Å². The van der Waals surface area contributed by atoms with Crippen LogP contribution in [0.15, 0.2) is 24.3 Å². The van der Waals surface area contributed by atoms with E-state index in [1.54, 1.807) is 0 Å². The zero-order chi connectivity index (χ0) is 15.2. The molecular formula is C16H26N2OS. The predicted octanol–water partition coefficient (Wildman–Crippen LogP) is 3.04. The molecule has 0 aromatic heterocycles. The fourth-order valence-corrected chi connectivity index (χ4v) is 2.37. The second-order valence-corrected chi connectivity index (χ2v) is 6.84. The third-order valence-corrected chi connectivity index (χ3v) is 4.73. The van der Waals surface area contributed by atoms with E-state index in [-0.39, 0.29) is 17.4 Å². The summed E-state index contributed by atoms with van der Waals surface area (Å²) in [6.07, 6.45) is 0. The van der Waals surface area contributed by atoms with Gasteiger partial charge in [0.25, 0.3) is 5.91 Å². The molecule has 0 saturated heterocycles. The van der Waals surface area contributed by atoms with Gasteiger partial charge in [0.1, 0.15) is 0 Å². The summed E-state index contributed by atoms with van der Waals surface area (Å²) in [6.45, 7) is 8.70. The summed E-state index contributed by atoms with van der Waals surface area (Å²) in [5.74, 6) is 2.33. The van der Waals surface area contributed by atoms with Crippen molar-refractivity contribution in [1.82, 2.24) is 5.32 Å². The van der Waals surface area contributed by atoms with Gasteiger partial charge in [0, 0.05) is 17.9 Å². The van der Waals surface area contributed by atoms with Gasteiger partial charge in [-0.1, -0.05) is 32.9 Å². The molecule has 1 amide bonds. The normalized spacial score (nSPS) is 14.1. The van der Waals surface area contributed by atoms with E-state index in [9.17, 15) is 4.79 Å². The Kier molecular flexibility index (Phi) is 6.56. The van der Waals surface area contributed by atoms with Crippen molar-refractivity contribution in [3.63, 3.8) is 0 Å². The van der Waals surface area contributed by atoms with Crippen LogP contribution in [0.3, 0.4) is 0 Å². The summed E-state index contributed by atoms with van der Waals surface area (Å²) in [4.78, 5) is 12.3. The van der Waals surface area contributed by atoms with Gasteiger partial charge in [0.15, 0.2) is 0 Å². The molecule has 20 heavy (non-hydrogen) atoms. The van der Waals surface area contributed by atoms with Crippen LogP contribution >= 0.6 is 11.8 Å². The van der Waals surface area contributed by atoms with Crippen molar-refractivity contribution < 1.29 is 4.79 Å². The third-order valence-electron chi connectivity index (χ3n) is 3.79. The van der Waals surface area contributed by atoms with Crippen LogP contribution in [0.4, 0.5) is 0 Å². The van der Waals surface area contributed by atoms with Crippen LogP contribution in [0.1, 0.15) is 43.6 Å². The van der Waals surface area contributed by atoms with Gasteiger partial charge in [0.05, 0.1) is 5.54 Å². The smallest absolute Gasteiger partial charge is 0.251 e. The van der Waals surface area contributed by atoms with Crippen LogP contribution in [0.25, 0.3) is 0 Å². The van der Waals surface area contributed by atoms with Crippen LogP contribution in [-0.4, -0.2) is 23.7 Å². The Morgan fingerprint density at radius 3 is 2.40 bits per heavy atom. The number of carbonyl (C=O) groups is 1. The maximum absolute atomic E-state index is 12.3. The first-order valence-corrected chi connectivity index (χ1v) is 8.27. The van der Waals surface area contributed by atoms with Crippen LogP contribution in [0.2, 0.25) is 0 Å². The zero-order valence-corrected chi connectivity index (χ0v) is 13.7. The molecule has 0 saturated carbocycles. The molecule has 0 spiro atoms. The molecule has 0 heterocycles. The second kappa shape index (κ2) is 7.70. The molecule has 0 fully saturated rings. The molecule has 0 aliphatic rings. The summed E-state index contributed by atoms with van der Waals surface area (Å²) in [5.41, 5.74) is 7.37. The Labute approximate surface area is 126 Å². The van der Waals surface area contributed by atoms with Crippen molar-refractivity contribution in [2.45, 2.75) is 39.0 Å². The van der Waals surface area contributed by atoms with E-state index in [1.807, 2.05) is 43.0 Å². The number of hydrogen-bond donors (Lipinski definition) is 2. The molecule has 1 aromatic carbocycles. The third kappa shape index (κ3) is 4.53. The number of benzene rings is 1. The molecular weight excluding hydrogens is 268 g/mol. The van der Waals surface area contributed by atoms with Crippen molar-refractivity contribution in [2.75, 3.05) is 12.3 Å². The van der Waals surface area contributed by atoms with Gasteiger partial charge >= 0.3 is 0 Å². The lowest BCUT2D eigenvalue weighted by atomic mass is 9.88. The maximum atomic E-state index is 12.3. The number of nitrogens with two attached hydrogens (primary N) is 1. The van der Waals surface area contributed by atoms with Crippen LogP contribution in [0.5, 0.6) is 0 Å². The van der Waals surface area contributed by atoms with Gasteiger partial charge in [-0.3, -0.25) is 4.79 Å². The minimum Gasteiger partial charge on any atom is -0.345 e. The molecule has 0 bridgehead atoms. The van der Waals surface area contributed by atoms with Gasteiger partial charge in [-0.15, -0.1) is 0 Å². The summed E-state index contributed by atoms with van der Waals surface area (Å²) >= 11 is 1.88. The highest BCUT2D eigenvalue weighted by atomic mass is 32.2. The number of carbonyl (C=O) groups excluding carboxylic acids is 1. The summed E-state index contributed by atoms with van der Waals surface area (Å²) < 4.78 is 0. The lowest BCUT2D eigenvalue weighted by Gasteiger charge is -2.33. The Morgan fingerprint density at radius 2 is 1.95 bits per heavy atom. The quantitative estimate of drug-likeness (QED) is 0.812. The van der Waals surface area contributed by atoms with Crippen molar-refractivity contribution in [3.8, 4) is 0 Å². The first-order chi connectivity index (χ1) is 9.42. The van der Waals surface area contributed by atoms with E-state index in [1.165, 1.54) is 5.56 Å². The minimum absolute atomic E-state index is 0.0543. The van der Waals surface area contributed by atoms with Gasteiger partial charge < -0.3 is 11.1 Å². The number of thioether (sulfide) groups is 1. The molecule has 3 nitrogen and oxygen atoms in total. The zero-order valence-electron chi connectivity index (χ0n) is 12.9. The Morgan fingerprint density at radius 1 is 1.35 bits per heavy atom. The fourth-order valence-electron chi connectivity index (χ4n) is 1.73. The maximum Gasteiger partial charge on any atom is 0.251 e. The fraction of sp³-hybridized carbons (Fsp3) is 0.562. The molecule has 3 N–H and O–H groups in total. The first kappa shape index (κ1) is 17.1. The number of hydrogen-bond acceptors (Lipinski definition) is 3. The molecule has 0 aliphatic heterocycles. The first-order valence-electron chi connectivity index (χ1n) is 7.12. The van der Waals surface area contributed by atoms with Crippen molar-refractivity contribution in [3.05, 3.63) is 35.4 Å². The molecule has 1 rings (SSSR count). The molecule has 4 heteroatoms. The average molecular weight is 294 g/mol. The van der Waals surface area contributed by atoms with Crippen molar-refractivity contribution in [1.29, 1.82) is 0 Å². The highest BCUT2D eigenvalue weighted by Crippen LogP contribution is 2.17. The predicted molar refractivity (Wildman–Crippen MR) is 88.0 cm³/mol. The lowest BCUT2D eigenvalue weighted by Crippen LogP contribution is -2.55. The Hall–Kier alpha value is -1.00. The van der Waals surface area contributed by atoms with Crippen LogP contribution < -0.4 is 11.1 Å². The largest absolute Gasteiger partial charge is 0.345 e. The molecule has 1 aromatic rings. The average Bonchev–Trinajstić information content (AvgIpc) is 2.45. The Bertz CT molecular complexity index is 431. The monoisotopic (exact) mass is 294 g/mol. The highest BCUT2D eigenvalue weighted by Gasteiger charge is 2.28. The standard InChI is InChI=1S/C16H26N2OS/c1-5-20-10-13-6-8-14(9-7-13)15(19)18-16(4,11-17)12(2)3/h6-9,12H,5,10-11,17H2,1-4H3,(H,18,19). The van der Waals surface area contributed by atoms with Gasteiger partial charge in [-0.25, -0.2) is 0 Å². The number of nitrogens with one attached hydrogen (secondary N) is 1. The van der Waals surface area contributed by atoms with E-state index in [4.69, 9.17) is 5.73 Å². The van der Waals surface area contributed by atoms with E-state index in [0.29, 0.717) is 12.1 Å². The van der Waals surface area contributed by atoms with E-state index in [0.717, 1.165) is 11.5 Å². The van der Waals surface area contributed by atoms with Crippen molar-refractivity contribution >= 4 is 17.7 Å². The van der Waals surface area contributed by atoms with Gasteiger partial charge in [0.2, 0.25) is 0 Å². The number of rotatable bonds is 7. The minimum atomic E-state index is -0.367. The highest BCUT2D eigenvalue weighted by molar-refractivity contribution is 7.98. The van der Waals surface area contributed by atoms with E-state index < -0.39 is 0 Å². The molecule has 1 atom stereocenters. The molecule has 1 unspecified atom stereocenters. The molecule has 112 valence electrons.